The van der Waals surface area contributed by atoms with Crippen LogP contribution in [-0.2, 0) is 4.79 Å². The van der Waals surface area contributed by atoms with Crippen LogP contribution >= 0.6 is 12.2 Å². The molecule has 0 saturated heterocycles. The first-order valence-electron chi connectivity index (χ1n) is 7.41. The molecule has 0 spiro atoms. The van der Waals surface area contributed by atoms with Gasteiger partial charge in [0.2, 0.25) is 0 Å². The van der Waals surface area contributed by atoms with Gasteiger partial charge in [-0.25, -0.2) is 8.78 Å². The van der Waals surface area contributed by atoms with Gasteiger partial charge in [-0.1, -0.05) is 6.07 Å². The zero-order valence-electron chi connectivity index (χ0n) is 13.2. The lowest BCUT2D eigenvalue weighted by Gasteiger charge is -2.33. The van der Waals surface area contributed by atoms with E-state index in [2.05, 4.69) is 10.6 Å². The van der Waals surface area contributed by atoms with E-state index >= 15 is 0 Å². The Bertz CT molecular complexity index is 671. The van der Waals surface area contributed by atoms with E-state index < -0.39 is 17.7 Å². The lowest BCUT2D eigenvalue weighted by Crippen LogP contribution is -2.47. The maximum absolute atomic E-state index is 14.2. The van der Waals surface area contributed by atoms with E-state index in [9.17, 15) is 13.6 Å². The Morgan fingerprint density at radius 2 is 1.96 bits per heavy atom. The van der Waals surface area contributed by atoms with Crippen molar-refractivity contribution in [2.75, 3.05) is 13.1 Å². The number of amides is 1. The third kappa shape index (κ3) is 3.50. The van der Waals surface area contributed by atoms with Gasteiger partial charge in [0.1, 0.15) is 11.6 Å². The van der Waals surface area contributed by atoms with Gasteiger partial charge in [-0.3, -0.25) is 4.79 Å². The van der Waals surface area contributed by atoms with E-state index in [-0.39, 0.29) is 11.5 Å². The SMILES string of the molecule is CCN(CC)C(=O)C1=C(C)NC(=S)N[C@H]1c1ccc(F)cc1F. The molecule has 1 aromatic carbocycles. The minimum Gasteiger partial charge on any atom is -0.351 e. The predicted octanol–water partition coefficient (Wildman–Crippen LogP) is 2.63. The van der Waals surface area contributed by atoms with E-state index in [0.717, 1.165) is 6.07 Å². The number of likely N-dealkylation sites (N-methyl/N-ethyl adjacent to an activating group) is 1. The van der Waals surface area contributed by atoms with Crippen molar-refractivity contribution >= 4 is 23.2 Å². The predicted molar refractivity (Wildman–Crippen MR) is 88.6 cm³/mol. The van der Waals surface area contributed by atoms with E-state index in [1.165, 1.54) is 12.1 Å². The Hall–Kier alpha value is -2.02. The van der Waals surface area contributed by atoms with Gasteiger partial charge in [-0.05, 0) is 39.1 Å². The maximum atomic E-state index is 14.2. The molecule has 0 fully saturated rings. The zero-order chi connectivity index (χ0) is 17.1. The summed E-state index contributed by atoms with van der Waals surface area (Å²) >= 11 is 5.11. The van der Waals surface area contributed by atoms with E-state index in [1.54, 1.807) is 11.8 Å². The standard InChI is InChI=1S/C16H19F2N3OS/c1-4-21(5-2)15(22)13-9(3)19-16(23)20-14(13)11-7-6-10(17)8-12(11)18/h6-8,14H,4-5H2,1-3H3,(H2,19,20,23)/t14-/m0/s1. The van der Waals surface area contributed by atoms with Gasteiger partial charge in [-0.2, -0.15) is 0 Å². The van der Waals surface area contributed by atoms with Crippen LogP contribution in [0.1, 0.15) is 32.4 Å². The monoisotopic (exact) mass is 339 g/mol. The molecule has 7 heteroatoms. The molecule has 1 aromatic rings. The van der Waals surface area contributed by atoms with Gasteiger partial charge in [-0.15, -0.1) is 0 Å². The van der Waals surface area contributed by atoms with E-state index in [0.29, 0.717) is 29.5 Å². The second-order valence-electron chi connectivity index (χ2n) is 5.21. The van der Waals surface area contributed by atoms with Crippen LogP contribution < -0.4 is 10.6 Å². The molecule has 2 N–H and O–H groups in total. The smallest absolute Gasteiger partial charge is 0.253 e. The van der Waals surface area contributed by atoms with Gasteiger partial charge < -0.3 is 15.5 Å². The molecule has 1 heterocycles. The molecule has 0 saturated carbocycles. The molecular weight excluding hydrogens is 320 g/mol. The Balaban J connectivity index is 2.52. The maximum Gasteiger partial charge on any atom is 0.253 e. The van der Waals surface area contributed by atoms with Crippen LogP contribution in [-0.4, -0.2) is 29.0 Å². The van der Waals surface area contributed by atoms with Crippen LogP contribution in [0.4, 0.5) is 8.78 Å². The van der Waals surface area contributed by atoms with Crippen LogP contribution in [0, 0.1) is 11.6 Å². The summed E-state index contributed by atoms with van der Waals surface area (Å²) in [6, 6.07) is 2.55. The molecule has 4 nitrogen and oxygen atoms in total. The first-order valence-corrected chi connectivity index (χ1v) is 7.82. The second kappa shape index (κ2) is 7.04. The molecule has 1 atom stereocenters. The number of hydrogen-bond donors (Lipinski definition) is 2. The number of rotatable bonds is 4. The number of nitrogens with zero attached hydrogens (tertiary/aromatic N) is 1. The van der Waals surface area contributed by atoms with Crippen molar-refractivity contribution in [3.8, 4) is 0 Å². The molecule has 124 valence electrons. The Labute approximate surface area is 139 Å². The average Bonchev–Trinajstić information content (AvgIpc) is 2.47. The lowest BCUT2D eigenvalue weighted by atomic mass is 9.94. The molecule has 1 aliphatic rings. The molecule has 1 amide bonds. The molecule has 0 bridgehead atoms. The van der Waals surface area contributed by atoms with Crippen LogP contribution in [0.5, 0.6) is 0 Å². The number of halogens is 2. The minimum absolute atomic E-state index is 0.185. The number of carbonyl (C=O) groups is 1. The number of allylic oxidation sites excluding steroid dienone is 1. The van der Waals surface area contributed by atoms with Crippen LogP contribution in [0.25, 0.3) is 0 Å². The lowest BCUT2D eigenvalue weighted by molar-refractivity contribution is -0.127. The van der Waals surface area contributed by atoms with Crippen molar-refractivity contribution in [2.45, 2.75) is 26.8 Å². The summed E-state index contributed by atoms with van der Waals surface area (Å²) in [5, 5.41) is 6.11. The summed E-state index contributed by atoms with van der Waals surface area (Å²) in [4.78, 5) is 14.4. The fraction of sp³-hybridized carbons (Fsp3) is 0.375. The Morgan fingerprint density at radius 3 is 2.52 bits per heavy atom. The number of benzene rings is 1. The summed E-state index contributed by atoms with van der Waals surface area (Å²) in [6.07, 6.45) is 0. The van der Waals surface area contributed by atoms with Crippen molar-refractivity contribution in [2.24, 2.45) is 0 Å². The molecule has 0 aliphatic carbocycles. The van der Waals surface area contributed by atoms with E-state index in [1.807, 2.05) is 13.8 Å². The van der Waals surface area contributed by atoms with Gasteiger partial charge >= 0.3 is 0 Å². The van der Waals surface area contributed by atoms with Crippen LogP contribution in [0.3, 0.4) is 0 Å². The molecule has 0 radical (unpaired) electrons. The highest BCUT2D eigenvalue weighted by Crippen LogP contribution is 2.30. The highest BCUT2D eigenvalue weighted by molar-refractivity contribution is 7.80. The van der Waals surface area contributed by atoms with E-state index in [4.69, 9.17) is 12.2 Å². The van der Waals surface area contributed by atoms with Crippen molar-refractivity contribution < 1.29 is 13.6 Å². The topological polar surface area (TPSA) is 44.4 Å². The molecule has 0 aromatic heterocycles. The largest absolute Gasteiger partial charge is 0.351 e. The van der Waals surface area contributed by atoms with Crippen molar-refractivity contribution in [1.29, 1.82) is 0 Å². The Morgan fingerprint density at radius 1 is 1.30 bits per heavy atom. The molecule has 1 aliphatic heterocycles. The number of hydrogen-bond acceptors (Lipinski definition) is 2. The highest BCUT2D eigenvalue weighted by Gasteiger charge is 2.33. The third-order valence-corrected chi connectivity index (χ3v) is 4.04. The number of nitrogens with one attached hydrogen (secondary N) is 2. The van der Waals surface area contributed by atoms with Crippen molar-refractivity contribution in [3.63, 3.8) is 0 Å². The normalized spacial score (nSPS) is 17.6. The van der Waals surface area contributed by atoms with Gasteiger partial charge in [0, 0.05) is 30.4 Å². The Kier molecular flexibility index (Phi) is 5.30. The fourth-order valence-corrected chi connectivity index (χ4v) is 2.90. The number of thiocarbonyl (C=S) groups is 1. The molecular formula is C16H19F2N3OS. The summed E-state index contributed by atoms with van der Waals surface area (Å²) in [5.41, 5.74) is 1.14. The summed E-state index contributed by atoms with van der Waals surface area (Å²) in [5.74, 6) is -1.59. The quantitative estimate of drug-likeness (QED) is 0.828. The first kappa shape index (κ1) is 17.3. The van der Waals surface area contributed by atoms with Gasteiger partial charge in [0.05, 0.1) is 11.6 Å². The molecule has 2 rings (SSSR count). The summed E-state index contributed by atoms with van der Waals surface area (Å²) in [7, 11) is 0. The van der Waals surface area contributed by atoms with Gasteiger partial charge in [0.25, 0.3) is 5.91 Å². The van der Waals surface area contributed by atoms with Crippen molar-refractivity contribution in [1.82, 2.24) is 15.5 Å². The first-order chi connectivity index (χ1) is 10.9. The summed E-state index contributed by atoms with van der Waals surface area (Å²) in [6.45, 7) is 6.54. The molecule has 0 unspecified atom stereocenters. The highest BCUT2D eigenvalue weighted by atomic mass is 32.1. The van der Waals surface area contributed by atoms with Crippen LogP contribution in [0.15, 0.2) is 29.5 Å². The zero-order valence-corrected chi connectivity index (χ0v) is 14.1. The van der Waals surface area contributed by atoms with Crippen molar-refractivity contribution in [3.05, 3.63) is 46.7 Å². The number of carbonyl (C=O) groups excluding carboxylic acids is 1. The van der Waals surface area contributed by atoms with Gasteiger partial charge in [0.15, 0.2) is 5.11 Å². The third-order valence-electron chi connectivity index (χ3n) is 3.82. The molecule has 23 heavy (non-hydrogen) atoms. The summed E-state index contributed by atoms with van der Waals surface area (Å²) < 4.78 is 27.4. The second-order valence-corrected chi connectivity index (χ2v) is 5.62. The minimum atomic E-state index is -0.752. The van der Waals surface area contributed by atoms with Crippen LogP contribution in [0.2, 0.25) is 0 Å². The fourth-order valence-electron chi connectivity index (χ4n) is 2.63. The average molecular weight is 339 g/mol.